The summed E-state index contributed by atoms with van der Waals surface area (Å²) in [7, 11) is 0. The Morgan fingerprint density at radius 1 is 1.41 bits per heavy atom. The molecule has 0 aromatic carbocycles. The smallest absolute Gasteiger partial charge is 0.316 e. The standard InChI is InChI=1S/C11H9BrF2N2O/c1-3-10(14)9(7(2)13)6-17-11-15-4-8(12)5-16-11/h3-5H,1-2,6H2/b10-9+. The van der Waals surface area contributed by atoms with Gasteiger partial charge in [-0.2, -0.15) is 0 Å². The number of halogens is 3. The second-order valence-electron chi connectivity index (χ2n) is 2.91. The Morgan fingerprint density at radius 3 is 2.47 bits per heavy atom. The van der Waals surface area contributed by atoms with Gasteiger partial charge in [-0.05, 0) is 22.0 Å². The fourth-order valence-electron chi connectivity index (χ4n) is 0.912. The maximum Gasteiger partial charge on any atom is 0.316 e. The number of rotatable bonds is 5. The molecular weight excluding hydrogens is 294 g/mol. The van der Waals surface area contributed by atoms with Gasteiger partial charge in [-0.1, -0.05) is 13.2 Å². The molecule has 3 nitrogen and oxygen atoms in total. The highest BCUT2D eigenvalue weighted by atomic mass is 79.9. The molecule has 1 rings (SSSR count). The fraction of sp³-hybridized carbons (Fsp3) is 0.0909. The minimum absolute atomic E-state index is 0.0174. The second kappa shape index (κ2) is 6.24. The average molecular weight is 303 g/mol. The van der Waals surface area contributed by atoms with E-state index in [1.165, 1.54) is 12.4 Å². The van der Waals surface area contributed by atoms with Crippen molar-refractivity contribution in [2.45, 2.75) is 0 Å². The zero-order valence-electron chi connectivity index (χ0n) is 8.79. The van der Waals surface area contributed by atoms with Gasteiger partial charge in [-0.15, -0.1) is 0 Å². The maximum atomic E-state index is 13.1. The predicted octanol–water partition coefficient (Wildman–Crippen LogP) is 3.51. The molecule has 0 saturated carbocycles. The van der Waals surface area contributed by atoms with Crippen LogP contribution in [0.3, 0.4) is 0 Å². The van der Waals surface area contributed by atoms with E-state index in [2.05, 4.69) is 39.1 Å². The molecule has 1 aromatic heterocycles. The van der Waals surface area contributed by atoms with Crippen LogP contribution in [0.25, 0.3) is 0 Å². The Bertz CT molecular complexity index is 457. The molecule has 0 atom stereocenters. The highest BCUT2D eigenvalue weighted by Crippen LogP contribution is 2.18. The molecule has 1 aromatic rings. The highest BCUT2D eigenvalue weighted by molar-refractivity contribution is 9.10. The number of allylic oxidation sites excluding steroid dienone is 2. The van der Waals surface area contributed by atoms with Gasteiger partial charge in [0.25, 0.3) is 0 Å². The van der Waals surface area contributed by atoms with Crippen LogP contribution < -0.4 is 4.74 Å². The molecule has 0 aliphatic carbocycles. The minimum Gasteiger partial charge on any atom is -0.458 e. The molecule has 0 spiro atoms. The third kappa shape index (κ3) is 4.07. The molecule has 0 amide bonds. The molecule has 17 heavy (non-hydrogen) atoms. The van der Waals surface area contributed by atoms with E-state index in [4.69, 9.17) is 4.74 Å². The molecule has 0 aliphatic heterocycles. The van der Waals surface area contributed by atoms with Gasteiger partial charge in [0, 0.05) is 12.4 Å². The van der Waals surface area contributed by atoms with E-state index in [-0.39, 0.29) is 18.2 Å². The summed E-state index contributed by atoms with van der Waals surface area (Å²) in [5, 5.41) is 0. The van der Waals surface area contributed by atoms with E-state index in [1.807, 2.05) is 0 Å². The third-order valence-corrected chi connectivity index (χ3v) is 2.15. The molecule has 0 aliphatic rings. The first-order chi connectivity index (χ1) is 8.04. The summed E-state index contributed by atoms with van der Waals surface area (Å²) in [6.45, 7) is 5.85. The summed E-state index contributed by atoms with van der Waals surface area (Å²) in [6, 6.07) is 0.0174. The Labute approximate surface area is 106 Å². The molecule has 0 bridgehead atoms. The van der Waals surface area contributed by atoms with Gasteiger partial charge in [0.15, 0.2) is 0 Å². The Hall–Kier alpha value is -1.56. The summed E-state index contributed by atoms with van der Waals surface area (Å²) < 4.78 is 31.7. The number of aromatic nitrogens is 2. The second-order valence-corrected chi connectivity index (χ2v) is 3.82. The van der Waals surface area contributed by atoms with Crippen molar-refractivity contribution in [1.29, 1.82) is 0 Å². The largest absolute Gasteiger partial charge is 0.458 e. The Morgan fingerprint density at radius 2 is 2.00 bits per heavy atom. The van der Waals surface area contributed by atoms with Crippen LogP contribution in [-0.2, 0) is 0 Å². The lowest BCUT2D eigenvalue weighted by Crippen LogP contribution is -2.05. The van der Waals surface area contributed by atoms with Gasteiger partial charge >= 0.3 is 6.01 Å². The number of nitrogens with zero attached hydrogens (tertiary/aromatic N) is 2. The molecule has 1 heterocycles. The number of hydrogen-bond acceptors (Lipinski definition) is 3. The van der Waals surface area contributed by atoms with Crippen molar-refractivity contribution in [3.8, 4) is 6.01 Å². The van der Waals surface area contributed by atoms with Gasteiger partial charge in [-0.3, -0.25) is 0 Å². The molecule has 0 saturated heterocycles. The molecule has 6 heteroatoms. The van der Waals surface area contributed by atoms with Crippen LogP contribution in [-0.4, -0.2) is 16.6 Å². The monoisotopic (exact) mass is 302 g/mol. The zero-order chi connectivity index (χ0) is 12.8. The molecule has 0 N–H and O–H groups in total. The molecule has 0 unspecified atom stereocenters. The van der Waals surface area contributed by atoms with E-state index in [1.54, 1.807) is 0 Å². The average Bonchev–Trinajstić information content (AvgIpc) is 2.31. The van der Waals surface area contributed by atoms with Gasteiger partial charge in [0.05, 0.1) is 10.0 Å². The zero-order valence-corrected chi connectivity index (χ0v) is 10.4. The van der Waals surface area contributed by atoms with Crippen LogP contribution in [0.15, 0.2) is 53.3 Å². The first-order valence-corrected chi connectivity index (χ1v) is 5.30. The van der Waals surface area contributed by atoms with E-state index in [0.29, 0.717) is 4.47 Å². The van der Waals surface area contributed by atoms with Crippen molar-refractivity contribution in [3.05, 3.63) is 53.3 Å². The quantitative estimate of drug-likeness (QED) is 0.781. The van der Waals surface area contributed by atoms with Gasteiger partial charge < -0.3 is 4.74 Å². The van der Waals surface area contributed by atoms with E-state index in [0.717, 1.165) is 6.08 Å². The molecule has 90 valence electrons. The van der Waals surface area contributed by atoms with Crippen molar-refractivity contribution >= 4 is 15.9 Å². The summed E-state index contributed by atoms with van der Waals surface area (Å²) in [5.41, 5.74) is -0.313. The lowest BCUT2D eigenvalue weighted by Gasteiger charge is -2.06. The van der Waals surface area contributed by atoms with Crippen molar-refractivity contribution < 1.29 is 13.5 Å². The number of ether oxygens (including phenoxy) is 1. The Kier molecular flexibility index (Phi) is 4.96. The number of hydrogen-bond donors (Lipinski definition) is 0. The summed E-state index contributed by atoms with van der Waals surface area (Å²) in [4.78, 5) is 7.58. The Balaban J connectivity index is 2.75. The molecule has 0 fully saturated rings. The topological polar surface area (TPSA) is 35.0 Å². The van der Waals surface area contributed by atoms with E-state index < -0.39 is 11.7 Å². The van der Waals surface area contributed by atoms with Crippen LogP contribution in [0.4, 0.5) is 8.78 Å². The lowest BCUT2D eigenvalue weighted by molar-refractivity contribution is 0.317. The first kappa shape index (κ1) is 13.5. The van der Waals surface area contributed by atoms with Crippen molar-refractivity contribution in [2.75, 3.05) is 6.61 Å². The minimum atomic E-state index is -0.917. The van der Waals surface area contributed by atoms with Crippen LogP contribution in [0.2, 0.25) is 0 Å². The first-order valence-electron chi connectivity index (χ1n) is 4.50. The van der Waals surface area contributed by atoms with Gasteiger partial charge in [-0.25, -0.2) is 18.7 Å². The van der Waals surface area contributed by atoms with E-state index >= 15 is 0 Å². The fourth-order valence-corrected chi connectivity index (χ4v) is 1.12. The normalized spacial score (nSPS) is 11.7. The maximum absolute atomic E-state index is 13.1. The van der Waals surface area contributed by atoms with Crippen molar-refractivity contribution in [1.82, 2.24) is 9.97 Å². The van der Waals surface area contributed by atoms with Crippen LogP contribution in [0, 0.1) is 0 Å². The van der Waals surface area contributed by atoms with Crippen LogP contribution in [0.1, 0.15) is 0 Å². The van der Waals surface area contributed by atoms with E-state index in [9.17, 15) is 8.78 Å². The predicted molar refractivity (Wildman–Crippen MR) is 63.8 cm³/mol. The van der Waals surface area contributed by atoms with Gasteiger partial charge in [0.1, 0.15) is 18.3 Å². The summed E-state index contributed by atoms with van der Waals surface area (Å²) in [6.07, 6.45) is 3.80. The van der Waals surface area contributed by atoms with Crippen LogP contribution >= 0.6 is 15.9 Å². The third-order valence-electron chi connectivity index (χ3n) is 1.74. The van der Waals surface area contributed by atoms with Gasteiger partial charge in [0.2, 0.25) is 0 Å². The molecule has 0 radical (unpaired) electrons. The van der Waals surface area contributed by atoms with Crippen molar-refractivity contribution in [2.24, 2.45) is 0 Å². The summed E-state index contributed by atoms with van der Waals surface area (Å²) >= 11 is 3.15. The summed E-state index contributed by atoms with van der Waals surface area (Å²) in [5.74, 6) is -1.74. The van der Waals surface area contributed by atoms with Crippen LogP contribution in [0.5, 0.6) is 6.01 Å². The highest BCUT2D eigenvalue weighted by Gasteiger charge is 2.10. The molecular formula is C11H9BrF2N2O. The lowest BCUT2D eigenvalue weighted by atomic mass is 10.2. The SMILES string of the molecule is C=C/C(F)=C(/COc1ncc(Br)cn1)C(=C)F. The van der Waals surface area contributed by atoms with Crippen molar-refractivity contribution in [3.63, 3.8) is 0 Å².